The van der Waals surface area contributed by atoms with Gasteiger partial charge in [0.15, 0.2) is 0 Å². The summed E-state index contributed by atoms with van der Waals surface area (Å²) in [7, 11) is 1.59. The fourth-order valence-corrected chi connectivity index (χ4v) is 3.34. The second-order valence-corrected chi connectivity index (χ2v) is 6.26. The summed E-state index contributed by atoms with van der Waals surface area (Å²) >= 11 is 0. The third-order valence-electron chi connectivity index (χ3n) is 4.76. The maximum atomic E-state index is 12.7. The van der Waals surface area contributed by atoms with Gasteiger partial charge in [-0.05, 0) is 24.5 Å². The molecule has 118 valence electrons. The molecule has 2 aliphatic rings. The van der Waals surface area contributed by atoms with Crippen LogP contribution < -0.4 is 0 Å². The molecule has 1 amide bonds. The van der Waals surface area contributed by atoms with E-state index in [1.165, 1.54) is 0 Å². The van der Waals surface area contributed by atoms with Crippen LogP contribution in [0.2, 0.25) is 0 Å². The van der Waals surface area contributed by atoms with Crippen LogP contribution in [0.15, 0.2) is 24.5 Å². The average Bonchev–Trinajstić information content (AvgIpc) is 3.16. The van der Waals surface area contributed by atoms with Crippen molar-refractivity contribution in [3.63, 3.8) is 0 Å². The van der Waals surface area contributed by atoms with Crippen molar-refractivity contribution in [1.82, 2.24) is 9.88 Å². The van der Waals surface area contributed by atoms with Crippen LogP contribution in [0.4, 0.5) is 0 Å². The third kappa shape index (κ3) is 2.59. The molecule has 1 aliphatic carbocycles. The number of pyridine rings is 1. The number of aliphatic carboxylic acids is 1. The summed E-state index contributed by atoms with van der Waals surface area (Å²) in [6, 6.07) is 3.68. The Hall–Kier alpha value is -1.95. The molecule has 1 aliphatic heterocycles. The van der Waals surface area contributed by atoms with Crippen molar-refractivity contribution in [2.75, 3.05) is 26.8 Å². The summed E-state index contributed by atoms with van der Waals surface area (Å²) in [4.78, 5) is 30.0. The minimum Gasteiger partial charge on any atom is -0.481 e. The van der Waals surface area contributed by atoms with E-state index in [1.54, 1.807) is 30.5 Å². The number of hydrogen-bond acceptors (Lipinski definition) is 4. The fraction of sp³-hybridized carbons (Fsp3) is 0.562. The smallest absolute Gasteiger partial charge is 0.308 e. The Kier molecular flexibility index (Phi) is 3.87. The number of nitrogens with zero attached hydrogens (tertiary/aromatic N) is 2. The van der Waals surface area contributed by atoms with Crippen molar-refractivity contribution < 1.29 is 19.4 Å². The second kappa shape index (κ2) is 5.68. The van der Waals surface area contributed by atoms with Gasteiger partial charge >= 0.3 is 5.97 Å². The number of carbonyl (C=O) groups is 2. The molecule has 2 heterocycles. The van der Waals surface area contributed by atoms with Crippen LogP contribution in [-0.4, -0.2) is 53.7 Å². The van der Waals surface area contributed by atoms with Gasteiger partial charge in [0.25, 0.3) is 0 Å². The first-order chi connectivity index (χ1) is 10.6. The lowest BCUT2D eigenvalue weighted by atomic mass is 9.90. The molecule has 1 aromatic rings. The molecule has 1 saturated heterocycles. The lowest BCUT2D eigenvalue weighted by molar-refractivity contribution is -0.142. The van der Waals surface area contributed by atoms with E-state index in [1.807, 2.05) is 6.07 Å². The van der Waals surface area contributed by atoms with Gasteiger partial charge in [-0.3, -0.25) is 14.6 Å². The van der Waals surface area contributed by atoms with Crippen LogP contribution in [-0.2, 0) is 14.3 Å². The number of methoxy groups -OCH3 is 1. The minimum atomic E-state index is -0.860. The highest BCUT2D eigenvalue weighted by atomic mass is 16.5. The van der Waals surface area contributed by atoms with E-state index in [2.05, 4.69) is 4.98 Å². The number of rotatable bonds is 5. The Morgan fingerprint density at radius 3 is 2.77 bits per heavy atom. The molecule has 0 spiro atoms. The normalized spacial score (nSPS) is 26.0. The molecule has 6 nitrogen and oxygen atoms in total. The Labute approximate surface area is 129 Å². The number of carbonyl (C=O) groups excluding carboxylic acids is 1. The standard InChI is InChI=1S/C16H20N2O4/c1-22-10-16(4-5-16)15(21)18-8-12(13(9-18)14(19)20)11-3-2-6-17-7-11/h2-3,6-7,12-13H,4-5,8-10H2,1H3,(H,19,20)/t12-,13+/m0/s1. The lowest BCUT2D eigenvalue weighted by Gasteiger charge is -2.22. The summed E-state index contributed by atoms with van der Waals surface area (Å²) in [5, 5.41) is 9.48. The van der Waals surface area contributed by atoms with Gasteiger partial charge in [-0.15, -0.1) is 0 Å². The molecule has 0 aromatic carbocycles. The molecule has 22 heavy (non-hydrogen) atoms. The summed E-state index contributed by atoms with van der Waals surface area (Å²) in [5.74, 6) is -1.60. The van der Waals surface area contributed by atoms with Gasteiger partial charge in [-0.25, -0.2) is 0 Å². The molecule has 2 atom stereocenters. The second-order valence-electron chi connectivity index (χ2n) is 6.26. The van der Waals surface area contributed by atoms with Crippen LogP contribution >= 0.6 is 0 Å². The van der Waals surface area contributed by atoms with Crippen molar-refractivity contribution in [3.05, 3.63) is 30.1 Å². The zero-order valence-corrected chi connectivity index (χ0v) is 12.6. The number of likely N-dealkylation sites (tertiary alicyclic amines) is 1. The van der Waals surface area contributed by atoms with Gasteiger partial charge in [0, 0.05) is 38.5 Å². The number of amides is 1. The zero-order valence-electron chi connectivity index (χ0n) is 12.6. The Bertz CT molecular complexity index is 571. The molecule has 1 N–H and O–H groups in total. The first-order valence-electron chi connectivity index (χ1n) is 7.48. The average molecular weight is 304 g/mol. The zero-order chi connectivity index (χ0) is 15.7. The SMILES string of the molecule is COCC1(C(=O)N2C[C@@H](C(=O)O)[C@H](c3cccnc3)C2)CC1. The largest absolute Gasteiger partial charge is 0.481 e. The van der Waals surface area contributed by atoms with Crippen LogP contribution in [0.3, 0.4) is 0 Å². The highest BCUT2D eigenvalue weighted by Crippen LogP contribution is 2.48. The number of aromatic nitrogens is 1. The Morgan fingerprint density at radius 1 is 1.45 bits per heavy atom. The molecule has 0 bridgehead atoms. The molecular formula is C16H20N2O4. The van der Waals surface area contributed by atoms with Crippen molar-refractivity contribution in [2.45, 2.75) is 18.8 Å². The Morgan fingerprint density at radius 2 is 2.23 bits per heavy atom. The van der Waals surface area contributed by atoms with E-state index in [4.69, 9.17) is 4.74 Å². The minimum absolute atomic E-state index is 0.0343. The fourth-order valence-electron chi connectivity index (χ4n) is 3.34. The highest BCUT2D eigenvalue weighted by Gasteiger charge is 2.54. The summed E-state index contributed by atoms with van der Waals surface area (Å²) in [6.07, 6.45) is 5.00. The van der Waals surface area contributed by atoms with Crippen LogP contribution in [0.5, 0.6) is 0 Å². The van der Waals surface area contributed by atoms with Gasteiger partial charge < -0.3 is 14.7 Å². The molecule has 1 saturated carbocycles. The van der Waals surface area contributed by atoms with Crippen molar-refractivity contribution >= 4 is 11.9 Å². The first-order valence-corrected chi connectivity index (χ1v) is 7.48. The van der Waals surface area contributed by atoms with E-state index < -0.39 is 17.3 Å². The number of carboxylic acid groups (broad SMARTS) is 1. The van der Waals surface area contributed by atoms with Gasteiger partial charge in [0.05, 0.1) is 17.9 Å². The lowest BCUT2D eigenvalue weighted by Crippen LogP contribution is -2.38. The summed E-state index contributed by atoms with van der Waals surface area (Å²) in [5.41, 5.74) is 0.462. The predicted molar refractivity (Wildman–Crippen MR) is 78.2 cm³/mol. The van der Waals surface area contributed by atoms with E-state index in [9.17, 15) is 14.7 Å². The van der Waals surface area contributed by atoms with Crippen molar-refractivity contribution in [1.29, 1.82) is 0 Å². The molecule has 3 rings (SSSR count). The number of hydrogen-bond donors (Lipinski definition) is 1. The van der Waals surface area contributed by atoms with E-state index >= 15 is 0 Å². The first kappa shape index (κ1) is 15.0. The maximum Gasteiger partial charge on any atom is 0.308 e. The summed E-state index contributed by atoms with van der Waals surface area (Å²) in [6.45, 7) is 1.11. The molecule has 6 heteroatoms. The van der Waals surface area contributed by atoms with Crippen molar-refractivity contribution in [3.8, 4) is 0 Å². The van der Waals surface area contributed by atoms with Gasteiger partial charge in [0.1, 0.15) is 0 Å². The maximum absolute atomic E-state index is 12.7. The third-order valence-corrected chi connectivity index (χ3v) is 4.76. The van der Waals surface area contributed by atoms with Crippen LogP contribution in [0, 0.1) is 11.3 Å². The van der Waals surface area contributed by atoms with E-state index in [0.717, 1.165) is 18.4 Å². The van der Waals surface area contributed by atoms with Crippen molar-refractivity contribution in [2.24, 2.45) is 11.3 Å². The molecule has 0 radical (unpaired) electrons. The quantitative estimate of drug-likeness (QED) is 0.882. The molecular weight excluding hydrogens is 284 g/mol. The van der Waals surface area contributed by atoms with Crippen LogP contribution in [0.25, 0.3) is 0 Å². The van der Waals surface area contributed by atoms with E-state index in [0.29, 0.717) is 13.2 Å². The number of ether oxygens (including phenoxy) is 1. The highest BCUT2D eigenvalue weighted by molar-refractivity contribution is 5.87. The molecule has 1 aromatic heterocycles. The Balaban J connectivity index is 1.79. The molecule has 0 unspecified atom stereocenters. The van der Waals surface area contributed by atoms with E-state index in [-0.39, 0.29) is 18.4 Å². The monoisotopic (exact) mass is 304 g/mol. The van der Waals surface area contributed by atoms with Gasteiger partial charge in [0.2, 0.25) is 5.91 Å². The van der Waals surface area contributed by atoms with Gasteiger partial charge in [-0.1, -0.05) is 6.07 Å². The predicted octanol–water partition coefficient (Wildman–Crippen LogP) is 1.13. The van der Waals surface area contributed by atoms with Crippen LogP contribution in [0.1, 0.15) is 24.3 Å². The van der Waals surface area contributed by atoms with Gasteiger partial charge in [-0.2, -0.15) is 0 Å². The summed E-state index contributed by atoms with van der Waals surface area (Å²) < 4.78 is 5.16. The topological polar surface area (TPSA) is 79.7 Å². The number of carboxylic acids is 1. The molecule has 2 fully saturated rings.